The highest BCUT2D eigenvalue weighted by Crippen LogP contribution is 2.42. The molecule has 0 N–H and O–H groups in total. The zero-order valence-electron chi connectivity index (χ0n) is 12.8. The van der Waals surface area contributed by atoms with Crippen LogP contribution in [0.5, 0.6) is 0 Å². The lowest BCUT2D eigenvalue weighted by Gasteiger charge is -2.37. The Morgan fingerprint density at radius 3 is 2.50 bits per heavy atom. The molecule has 3 heterocycles. The van der Waals surface area contributed by atoms with Crippen LogP contribution in [0.15, 0.2) is 0 Å². The number of amides is 2. The first-order valence-electron chi connectivity index (χ1n) is 8.50. The molecule has 2 amide bonds. The van der Waals surface area contributed by atoms with Crippen LogP contribution < -0.4 is 0 Å². The van der Waals surface area contributed by atoms with Crippen molar-refractivity contribution >= 4 is 11.8 Å². The summed E-state index contributed by atoms with van der Waals surface area (Å²) in [6, 6.07) is -0.114. The maximum Gasteiger partial charge on any atom is 0.260 e. The number of ether oxygens (including phenoxy) is 1. The zero-order valence-corrected chi connectivity index (χ0v) is 12.8. The molecule has 0 spiro atoms. The molecule has 4 aliphatic rings. The highest BCUT2D eigenvalue weighted by atomic mass is 19.1. The molecule has 5 nitrogen and oxygen atoms in total. The lowest BCUT2D eigenvalue weighted by molar-refractivity contribution is -0.151. The molecular weight excluding hydrogens is 287 g/mol. The van der Waals surface area contributed by atoms with Crippen LogP contribution >= 0.6 is 0 Å². The summed E-state index contributed by atoms with van der Waals surface area (Å²) in [6.07, 6.45) is 4.00. The number of nitrogens with zero attached hydrogens (tertiary/aromatic N) is 2. The highest BCUT2D eigenvalue weighted by Gasteiger charge is 2.56. The normalized spacial score (nSPS) is 36.3. The summed E-state index contributed by atoms with van der Waals surface area (Å²) in [5, 5.41) is 0. The summed E-state index contributed by atoms with van der Waals surface area (Å²) in [4.78, 5) is 28.8. The summed E-state index contributed by atoms with van der Waals surface area (Å²) in [5.41, 5.74) is -1.68. The predicted octanol–water partition coefficient (Wildman–Crippen LogP) is 1.12. The highest BCUT2D eigenvalue weighted by molar-refractivity contribution is 5.88. The fourth-order valence-electron chi connectivity index (χ4n) is 4.35. The monoisotopic (exact) mass is 310 g/mol. The first-order valence-corrected chi connectivity index (χ1v) is 8.50. The van der Waals surface area contributed by atoms with Gasteiger partial charge in [0, 0.05) is 26.2 Å². The molecule has 3 saturated heterocycles. The molecular formula is C16H23FN2O3. The van der Waals surface area contributed by atoms with Crippen molar-refractivity contribution in [2.75, 3.05) is 26.2 Å². The average Bonchev–Trinajstić information content (AvgIpc) is 3.19. The molecule has 6 heteroatoms. The van der Waals surface area contributed by atoms with Crippen LogP contribution in [0.1, 0.15) is 38.5 Å². The third-order valence-corrected chi connectivity index (χ3v) is 5.82. The molecule has 0 aromatic heterocycles. The maximum atomic E-state index is 14.5. The van der Waals surface area contributed by atoms with Crippen molar-refractivity contribution in [2.45, 2.75) is 56.3 Å². The van der Waals surface area contributed by atoms with Crippen LogP contribution in [0.25, 0.3) is 0 Å². The molecule has 4 rings (SSSR count). The van der Waals surface area contributed by atoms with Crippen molar-refractivity contribution in [3.8, 4) is 0 Å². The SMILES string of the molecule is O=C(C1CN(C(=O)C2(F)CCC2)C2CCOC12)N1CCCC1. The van der Waals surface area contributed by atoms with E-state index in [0.29, 0.717) is 26.0 Å². The maximum absolute atomic E-state index is 14.5. The molecule has 0 radical (unpaired) electrons. The smallest absolute Gasteiger partial charge is 0.260 e. The van der Waals surface area contributed by atoms with Gasteiger partial charge in [0.15, 0.2) is 5.67 Å². The van der Waals surface area contributed by atoms with E-state index >= 15 is 0 Å². The molecule has 3 unspecified atom stereocenters. The average molecular weight is 310 g/mol. The fourth-order valence-corrected chi connectivity index (χ4v) is 4.35. The number of carbonyl (C=O) groups excluding carboxylic acids is 2. The topological polar surface area (TPSA) is 49.9 Å². The van der Waals surface area contributed by atoms with Crippen molar-refractivity contribution in [3.05, 3.63) is 0 Å². The Morgan fingerprint density at radius 1 is 1.14 bits per heavy atom. The van der Waals surface area contributed by atoms with E-state index in [0.717, 1.165) is 38.8 Å². The number of hydrogen-bond acceptors (Lipinski definition) is 3. The lowest BCUT2D eigenvalue weighted by atomic mass is 9.81. The number of rotatable bonds is 2. The number of carbonyl (C=O) groups is 2. The molecule has 0 aromatic rings. The number of hydrogen-bond donors (Lipinski definition) is 0. The third-order valence-electron chi connectivity index (χ3n) is 5.82. The minimum absolute atomic E-state index is 0.0891. The Hall–Kier alpha value is -1.17. The van der Waals surface area contributed by atoms with Gasteiger partial charge in [0.1, 0.15) is 0 Å². The predicted molar refractivity (Wildman–Crippen MR) is 76.9 cm³/mol. The van der Waals surface area contributed by atoms with Gasteiger partial charge in [-0.3, -0.25) is 9.59 Å². The molecule has 3 atom stereocenters. The summed E-state index contributed by atoms with van der Waals surface area (Å²) >= 11 is 0. The second kappa shape index (κ2) is 5.18. The molecule has 0 bridgehead atoms. The Labute approximate surface area is 129 Å². The third kappa shape index (κ3) is 2.07. The van der Waals surface area contributed by atoms with Crippen LogP contribution in [0.2, 0.25) is 0 Å². The van der Waals surface area contributed by atoms with Gasteiger partial charge in [-0.05, 0) is 38.5 Å². The Kier molecular flexibility index (Phi) is 3.40. The minimum atomic E-state index is -1.68. The van der Waals surface area contributed by atoms with E-state index in [1.54, 1.807) is 4.90 Å². The van der Waals surface area contributed by atoms with E-state index in [-0.39, 0.29) is 24.0 Å². The van der Waals surface area contributed by atoms with Crippen LogP contribution in [0.4, 0.5) is 4.39 Å². The second-order valence-electron chi connectivity index (χ2n) is 7.11. The van der Waals surface area contributed by atoms with Crippen LogP contribution in [-0.2, 0) is 14.3 Å². The molecule has 3 aliphatic heterocycles. The van der Waals surface area contributed by atoms with Crippen LogP contribution in [0, 0.1) is 5.92 Å². The molecule has 1 saturated carbocycles. The fraction of sp³-hybridized carbons (Fsp3) is 0.875. The first kappa shape index (κ1) is 14.4. The van der Waals surface area contributed by atoms with Crippen molar-refractivity contribution < 1.29 is 18.7 Å². The van der Waals surface area contributed by atoms with E-state index < -0.39 is 11.6 Å². The Balaban J connectivity index is 1.52. The number of alkyl halides is 1. The van der Waals surface area contributed by atoms with Gasteiger partial charge in [0.05, 0.1) is 18.1 Å². The Bertz CT molecular complexity index is 488. The quantitative estimate of drug-likeness (QED) is 0.768. The summed E-state index contributed by atoms with van der Waals surface area (Å²) in [5.74, 6) is -0.625. The standard InChI is InChI=1S/C16H23FN2O3/c17-16(5-3-6-16)15(21)19-10-11(13-12(19)4-9-22-13)14(20)18-7-1-2-8-18/h11-13H,1-10H2. The van der Waals surface area contributed by atoms with Crippen molar-refractivity contribution in [3.63, 3.8) is 0 Å². The minimum Gasteiger partial charge on any atom is -0.375 e. The van der Waals surface area contributed by atoms with Crippen molar-refractivity contribution in [1.29, 1.82) is 0 Å². The van der Waals surface area contributed by atoms with E-state index in [9.17, 15) is 14.0 Å². The van der Waals surface area contributed by atoms with Gasteiger partial charge < -0.3 is 14.5 Å². The number of halogens is 1. The van der Waals surface area contributed by atoms with Crippen molar-refractivity contribution in [1.82, 2.24) is 9.80 Å². The van der Waals surface area contributed by atoms with Gasteiger partial charge in [-0.15, -0.1) is 0 Å². The molecule has 0 aromatic carbocycles. The molecule has 1 aliphatic carbocycles. The van der Waals surface area contributed by atoms with E-state index in [1.165, 1.54) is 0 Å². The van der Waals surface area contributed by atoms with Crippen LogP contribution in [-0.4, -0.2) is 65.7 Å². The van der Waals surface area contributed by atoms with Gasteiger partial charge in [-0.1, -0.05) is 0 Å². The van der Waals surface area contributed by atoms with E-state index in [2.05, 4.69) is 0 Å². The van der Waals surface area contributed by atoms with Gasteiger partial charge in [-0.25, -0.2) is 4.39 Å². The summed E-state index contributed by atoms with van der Waals surface area (Å²) < 4.78 is 20.3. The first-order chi connectivity index (χ1) is 10.6. The summed E-state index contributed by atoms with van der Waals surface area (Å²) in [7, 11) is 0. The zero-order chi connectivity index (χ0) is 15.3. The van der Waals surface area contributed by atoms with Gasteiger partial charge in [-0.2, -0.15) is 0 Å². The lowest BCUT2D eigenvalue weighted by Crippen LogP contribution is -2.52. The van der Waals surface area contributed by atoms with E-state index in [4.69, 9.17) is 4.74 Å². The van der Waals surface area contributed by atoms with Gasteiger partial charge in [0.25, 0.3) is 5.91 Å². The van der Waals surface area contributed by atoms with Crippen LogP contribution in [0.3, 0.4) is 0 Å². The number of likely N-dealkylation sites (tertiary alicyclic amines) is 2. The second-order valence-corrected chi connectivity index (χ2v) is 7.11. The van der Waals surface area contributed by atoms with E-state index in [1.807, 2.05) is 4.90 Å². The van der Waals surface area contributed by atoms with Gasteiger partial charge >= 0.3 is 0 Å². The molecule has 4 fully saturated rings. The molecule has 122 valence electrons. The van der Waals surface area contributed by atoms with Gasteiger partial charge in [0.2, 0.25) is 5.91 Å². The number of fused-ring (bicyclic) bond motifs is 1. The van der Waals surface area contributed by atoms with Crippen molar-refractivity contribution in [2.24, 2.45) is 5.92 Å². The Morgan fingerprint density at radius 2 is 1.86 bits per heavy atom. The molecule has 22 heavy (non-hydrogen) atoms. The summed E-state index contributed by atoms with van der Waals surface area (Å²) in [6.45, 7) is 2.48. The largest absolute Gasteiger partial charge is 0.375 e.